The predicted octanol–water partition coefficient (Wildman–Crippen LogP) is 3.30. The average molecular weight is 250 g/mol. The van der Waals surface area contributed by atoms with Gasteiger partial charge in [0.2, 0.25) is 0 Å². The van der Waals surface area contributed by atoms with Crippen LogP contribution in [0, 0.1) is 13.8 Å². The van der Waals surface area contributed by atoms with Crippen LogP contribution in [0.2, 0.25) is 5.15 Å². The summed E-state index contributed by atoms with van der Waals surface area (Å²) in [6, 6.07) is 5.92. The Bertz CT molecular complexity index is 514. The first-order valence-electron chi connectivity index (χ1n) is 5.55. The minimum Gasteiger partial charge on any atom is -0.380 e. The van der Waals surface area contributed by atoms with Crippen LogP contribution in [0.4, 0.5) is 5.69 Å². The molecule has 0 unspecified atom stereocenters. The summed E-state index contributed by atoms with van der Waals surface area (Å²) in [7, 11) is 2.08. The van der Waals surface area contributed by atoms with Crippen molar-refractivity contribution in [2.45, 2.75) is 20.4 Å². The minimum absolute atomic E-state index is 0.516. The topological polar surface area (TPSA) is 29.9 Å². The van der Waals surface area contributed by atoms with E-state index in [4.69, 9.17) is 11.6 Å². The van der Waals surface area contributed by atoms with Crippen molar-refractivity contribution in [2.75, 3.05) is 5.32 Å². The van der Waals surface area contributed by atoms with Crippen LogP contribution in [0.25, 0.3) is 0 Å². The number of hydrogen-bond acceptors (Lipinski definition) is 2. The molecular formula is C13H16ClN3. The molecule has 90 valence electrons. The molecular weight excluding hydrogens is 234 g/mol. The molecule has 0 bridgehead atoms. The van der Waals surface area contributed by atoms with E-state index in [0.29, 0.717) is 5.15 Å². The maximum Gasteiger partial charge on any atom is 0.129 e. The van der Waals surface area contributed by atoms with Crippen molar-refractivity contribution in [1.29, 1.82) is 0 Å². The third-order valence-corrected chi connectivity index (χ3v) is 3.31. The Hall–Kier alpha value is -1.48. The van der Waals surface area contributed by atoms with Crippen LogP contribution in [0.15, 0.2) is 24.4 Å². The lowest BCUT2D eigenvalue weighted by Gasteiger charge is -2.06. The van der Waals surface area contributed by atoms with E-state index in [-0.39, 0.29) is 0 Å². The molecule has 3 nitrogen and oxygen atoms in total. The van der Waals surface area contributed by atoms with E-state index in [1.54, 1.807) is 12.3 Å². The zero-order valence-corrected chi connectivity index (χ0v) is 11.0. The number of rotatable bonds is 3. The van der Waals surface area contributed by atoms with Gasteiger partial charge in [0.25, 0.3) is 0 Å². The van der Waals surface area contributed by atoms with Gasteiger partial charge < -0.3 is 9.88 Å². The molecule has 0 atom stereocenters. The van der Waals surface area contributed by atoms with Gasteiger partial charge in [-0.15, -0.1) is 0 Å². The van der Waals surface area contributed by atoms with Crippen LogP contribution in [0.1, 0.15) is 17.0 Å². The lowest BCUT2D eigenvalue weighted by molar-refractivity contribution is 0.837. The summed E-state index contributed by atoms with van der Waals surface area (Å²) in [5, 5.41) is 3.85. The molecule has 4 heteroatoms. The standard InChI is InChI=1S/C13H16ClN3/c1-9-6-11(10(2)17(9)3)7-15-12-4-5-13(14)16-8-12/h4-6,8,15H,7H2,1-3H3. The summed E-state index contributed by atoms with van der Waals surface area (Å²) in [5.41, 5.74) is 4.85. The van der Waals surface area contributed by atoms with Gasteiger partial charge in [-0.2, -0.15) is 0 Å². The van der Waals surface area contributed by atoms with Crippen molar-refractivity contribution in [1.82, 2.24) is 9.55 Å². The van der Waals surface area contributed by atoms with Crippen LogP contribution in [-0.2, 0) is 13.6 Å². The van der Waals surface area contributed by atoms with Gasteiger partial charge >= 0.3 is 0 Å². The van der Waals surface area contributed by atoms with Crippen molar-refractivity contribution < 1.29 is 0 Å². The molecule has 2 heterocycles. The highest BCUT2D eigenvalue weighted by molar-refractivity contribution is 6.29. The Kier molecular flexibility index (Phi) is 3.38. The highest BCUT2D eigenvalue weighted by Crippen LogP contribution is 2.16. The molecule has 0 fully saturated rings. The molecule has 0 aliphatic heterocycles. The van der Waals surface area contributed by atoms with Gasteiger partial charge in [0.1, 0.15) is 5.15 Å². The van der Waals surface area contributed by atoms with Crippen LogP contribution in [-0.4, -0.2) is 9.55 Å². The number of hydrogen-bond donors (Lipinski definition) is 1. The van der Waals surface area contributed by atoms with Gasteiger partial charge in [-0.1, -0.05) is 11.6 Å². The van der Waals surface area contributed by atoms with E-state index in [1.165, 1.54) is 17.0 Å². The Morgan fingerprint density at radius 2 is 2.12 bits per heavy atom. The number of halogens is 1. The fourth-order valence-corrected chi connectivity index (χ4v) is 1.90. The molecule has 1 N–H and O–H groups in total. The molecule has 2 aromatic rings. The maximum absolute atomic E-state index is 5.74. The number of pyridine rings is 1. The van der Waals surface area contributed by atoms with Crippen LogP contribution >= 0.6 is 11.6 Å². The molecule has 0 amide bonds. The monoisotopic (exact) mass is 249 g/mol. The number of aromatic nitrogens is 2. The Morgan fingerprint density at radius 3 is 2.65 bits per heavy atom. The van der Waals surface area contributed by atoms with E-state index in [9.17, 15) is 0 Å². The first-order valence-corrected chi connectivity index (χ1v) is 5.93. The Balaban J connectivity index is 2.07. The van der Waals surface area contributed by atoms with Gasteiger partial charge in [-0.05, 0) is 37.6 Å². The molecule has 0 aliphatic rings. The SMILES string of the molecule is Cc1cc(CNc2ccc(Cl)nc2)c(C)n1C. The lowest BCUT2D eigenvalue weighted by atomic mass is 10.2. The third-order valence-electron chi connectivity index (χ3n) is 3.09. The quantitative estimate of drug-likeness (QED) is 0.846. The largest absolute Gasteiger partial charge is 0.380 e. The third kappa shape index (κ3) is 2.61. The second-order valence-electron chi connectivity index (χ2n) is 4.18. The van der Waals surface area contributed by atoms with E-state index >= 15 is 0 Å². The molecule has 2 rings (SSSR count). The normalized spacial score (nSPS) is 10.6. The zero-order chi connectivity index (χ0) is 12.4. The average Bonchev–Trinajstić information content (AvgIpc) is 2.56. The zero-order valence-electron chi connectivity index (χ0n) is 10.3. The Morgan fingerprint density at radius 1 is 1.35 bits per heavy atom. The summed E-state index contributed by atoms with van der Waals surface area (Å²) in [5.74, 6) is 0. The van der Waals surface area contributed by atoms with Crippen molar-refractivity contribution in [3.63, 3.8) is 0 Å². The highest BCUT2D eigenvalue weighted by atomic mass is 35.5. The summed E-state index contributed by atoms with van der Waals surface area (Å²) in [6.07, 6.45) is 1.74. The molecule has 0 saturated heterocycles. The summed E-state index contributed by atoms with van der Waals surface area (Å²) in [4.78, 5) is 4.03. The summed E-state index contributed by atoms with van der Waals surface area (Å²) in [6.45, 7) is 5.04. The smallest absolute Gasteiger partial charge is 0.129 e. The van der Waals surface area contributed by atoms with E-state index in [1.807, 2.05) is 6.07 Å². The van der Waals surface area contributed by atoms with E-state index in [2.05, 4.69) is 41.8 Å². The molecule has 0 aliphatic carbocycles. The number of aryl methyl sites for hydroxylation is 1. The number of nitrogens with zero attached hydrogens (tertiary/aromatic N) is 2. The van der Waals surface area contributed by atoms with Crippen LogP contribution < -0.4 is 5.32 Å². The van der Waals surface area contributed by atoms with Gasteiger partial charge in [0, 0.05) is 25.0 Å². The van der Waals surface area contributed by atoms with Crippen molar-refractivity contribution in [3.05, 3.63) is 46.5 Å². The predicted molar refractivity (Wildman–Crippen MR) is 71.5 cm³/mol. The first kappa shape index (κ1) is 12.0. The minimum atomic E-state index is 0.516. The number of nitrogens with one attached hydrogen (secondary N) is 1. The van der Waals surface area contributed by atoms with Gasteiger partial charge in [0.15, 0.2) is 0 Å². The molecule has 0 saturated carbocycles. The fraction of sp³-hybridized carbons (Fsp3) is 0.308. The van der Waals surface area contributed by atoms with Crippen molar-refractivity contribution in [2.24, 2.45) is 7.05 Å². The first-order chi connectivity index (χ1) is 8.08. The second kappa shape index (κ2) is 4.80. The van der Waals surface area contributed by atoms with Crippen molar-refractivity contribution in [3.8, 4) is 0 Å². The highest BCUT2D eigenvalue weighted by Gasteiger charge is 2.05. The van der Waals surface area contributed by atoms with Gasteiger partial charge in [-0.25, -0.2) is 4.98 Å². The number of anilines is 1. The molecule has 2 aromatic heterocycles. The fourth-order valence-electron chi connectivity index (χ4n) is 1.79. The second-order valence-corrected chi connectivity index (χ2v) is 4.57. The Labute approximate surface area is 106 Å². The van der Waals surface area contributed by atoms with E-state index < -0.39 is 0 Å². The van der Waals surface area contributed by atoms with Crippen molar-refractivity contribution >= 4 is 17.3 Å². The lowest BCUT2D eigenvalue weighted by Crippen LogP contribution is -2.01. The summed E-state index contributed by atoms with van der Waals surface area (Å²) < 4.78 is 2.19. The molecule has 0 spiro atoms. The molecule has 0 aromatic carbocycles. The van der Waals surface area contributed by atoms with Crippen LogP contribution in [0.5, 0.6) is 0 Å². The van der Waals surface area contributed by atoms with Gasteiger partial charge in [0.05, 0.1) is 11.9 Å². The molecule has 0 radical (unpaired) electrons. The maximum atomic E-state index is 5.74. The molecule has 17 heavy (non-hydrogen) atoms. The van der Waals surface area contributed by atoms with E-state index in [0.717, 1.165) is 12.2 Å². The van der Waals surface area contributed by atoms with Crippen LogP contribution in [0.3, 0.4) is 0 Å². The van der Waals surface area contributed by atoms with Gasteiger partial charge in [-0.3, -0.25) is 0 Å². The summed E-state index contributed by atoms with van der Waals surface area (Å²) >= 11 is 5.74.